The molecule has 0 saturated carbocycles. The highest BCUT2D eigenvalue weighted by atomic mass is 16.5. The summed E-state index contributed by atoms with van der Waals surface area (Å²) in [6.07, 6.45) is 4.03. The third kappa shape index (κ3) is 3.32. The van der Waals surface area contributed by atoms with Gasteiger partial charge in [-0.05, 0) is 29.8 Å². The first-order valence-electron chi connectivity index (χ1n) is 6.31. The molecule has 0 bridgehead atoms. The van der Waals surface area contributed by atoms with Crippen molar-refractivity contribution in [1.82, 2.24) is 0 Å². The Morgan fingerprint density at radius 3 is 2.20 bits per heavy atom. The van der Waals surface area contributed by atoms with Gasteiger partial charge in [-0.3, -0.25) is 0 Å². The maximum atomic E-state index is 5.37. The van der Waals surface area contributed by atoms with Gasteiger partial charge in [-0.2, -0.15) is 0 Å². The van der Waals surface area contributed by atoms with Crippen LogP contribution in [0, 0.1) is 0 Å². The molecule has 0 atom stereocenters. The largest absolute Gasteiger partial charge is 0.497 e. The minimum Gasteiger partial charge on any atom is -0.497 e. The highest BCUT2D eigenvalue weighted by Gasteiger charge is 2.02. The summed E-state index contributed by atoms with van der Waals surface area (Å²) in [5.41, 5.74) is 2.07. The Hall–Kier alpha value is -2.42. The molecule has 0 heterocycles. The summed E-state index contributed by atoms with van der Waals surface area (Å²) < 4.78 is 15.8. The van der Waals surface area contributed by atoms with Crippen molar-refractivity contribution in [2.75, 3.05) is 21.3 Å². The lowest BCUT2D eigenvalue weighted by Gasteiger charge is -2.07. The Morgan fingerprint density at radius 2 is 1.50 bits per heavy atom. The highest BCUT2D eigenvalue weighted by Crippen LogP contribution is 2.26. The second-order valence-electron chi connectivity index (χ2n) is 4.22. The molecular formula is C17H18O3. The van der Waals surface area contributed by atoms with Gasteiger partial charge < -0.3 is 14.2 Å². The molecule has 3 heteroatoms. The average molecular weight is 270 g/mol. The van der Waals surface area contributed by atoms with Crippen LogP contribution >= 0.6 is 0 Å². The number of benzene rings is 2. The lowest BCUT2D eigenvalue weighted by Crippen LogP contribution is -1.89. The van der Waals surface area contributed by atoms with E-state index in [-0.39, 0.29) is 0 Å². The Balaban J connectivity index is 2.26. The molecule has 2 aromatic carbocycles. The van der Waals surface area contributed by atoms with Gasteiger partial charge in [0.05, 0.1) is 21.3 Å². The summed E-state index contributed by atoms with van der Waals surface area (Å²) in [5, 5.41) is 0. The van der Waals surface area contributed by atoms with E-state index in [0.29, 0.717) is 0 Å². The molecule has 0 saturated heterocycles. The predicted octanol–water partition coefficient (Wildman–Crippen LogP) is 3.88. The minimum absolute atomic E-state index is 0.778. The van der Waals surface area contributed by atoms with Gasteiger partial charge in [0.15, 0.2) is 0 Å². The minimum atomic E-state index is 0.778. The van der Waals surface area contributed by atoms with E-state index in [2.05, 4.69) is 0 Å². The van der Waals surface area contributed by atoms with Crippen LogP contribution in [-0.4, -0.2) is 21.3 Å². The Morgan fingerprint density at radius 1 is 0.750 bits per heavy atom. The van der Waals surface area contributed by atoms with Crippen molar-refractivity contribution in [1.29, 1.82) is 0 Å². The first kappa shape index (κ1) is 14.0. The van der Waals surface area contributed by atoms with E-state index in [9.17, 15) is 0 Å². The first-order valence-corrected chi connectivity index (χ1v) is 6.31. The van der Waals surface area contributed by atoms with Crippen LogP contribution in [0.2, 0.25) is 0 Å². The Kier molecular flexibility index (Phi) is 4.66. The molecule has 0 radical (unpaired) electrons. The van der Waals surface area contributed by atoms with Crippen LogP contribution in [0.4, 0.5) is 0 Å². The smallest absolute Gasteiger partial charge is 0.129 e. The molecule has 0 N–H and O–H groups in total. The average Bonchev–Trinajstić information content (AvgIpc) is 2.52. The quantitative estimate of drug-likeness (QED) is 0.772. The monoisotopic (exact) mass is 270 g/mol. The molecule has 20 heavy (non-hydrogen) atoms. The summed E-state index contributed by atoms with van der Waals surface area (Å²) in [4.78, 5) is 0. The molecule has 0 aromatic heterocycles. The van der Waals surface area contributed by atoms with Crippen molar-refractivity contribution in [2.45, 2.75) is 0 Å². The van der Waals surface area contributed by atoms with Crippen LogP contribution in [-0.2, 0) is 0 Å². The molecule has 0 spiro atoms. The second kappa shape index (κ2) is 6.66. The zero-order chi connectivity index (χ0) is 14.4. The number of ether oxygens (including phenoxy) is 3. The Labute approximate surface area is 119 Å². The van der Waals surface area contributed by atoms with Gasteiger partial charge in [-0.25, -0.2) is 0 Å². The molecule has 0 aliphatic heterocycles. The van der Waals surface area contributed by atoms with Crippen LogP contribution < -0.4 is 14.2 Å². The van der Waals surface area contributed by atoms with Crippen LogP contribution in [0.25, 0.3) is 12.2 Å². The van der Waals surface area contributed by atoms with E-state index < -0.39 is 0 Å². The highest BCUT2D eigenvalue weighted by molar-refractivity contribution is 5.73. The lowest BCUT2D eigenvalue weighted by atomic mass is 10.1. The molecule has 0 unspecified atom stereocenters. The zero-order valence-corrected chi connectivity index (χ0v) is 11.9. The van der Waals surface area contributed by atoms with Crippen LogP contribution in [0.3, 0.4) is 0 Å². The fourth-order valence-electron chi connectivity index (χ4n) is 1.89. The van der Waals surface area contributed by atoms with E-state index in [4.69, 9.17) is 14.2 Å². The number of methoxy groups -OCH3 is 3. The zero-order valence-electron chi connectivity index (χ0n) is 11.9. The molecule has 0 aliphatic carbocycles. The van der Waals surface area contributed by atoms with Gasteiger partial charge in [-0.15, -0.1) is 0 Å². The van der Waals surface area contributed by atoms with Gasteiger partial charge in [0.2, 0.25) is 0 Å². The van der Waals surface area contributed by atoms with E-state index in [1.54, 1.807) is 21.3 Å². The van der Waals surface area contributed by atoms with Crippen molar-refractivity contribution < 1.29 is 14.2 Å². The third-order valence-corrected chi connectivity index (χ3v) is 2.99. The van der Waals surface area contributed by atoms with E-state index in [1.165, 1.54) is 0 Å². The summed E-state index contributed by atoms with van der Waals surface area (Å²) in [5.74, 6) is 2.40. The summed E-state index contributed by atoms with van der Waals surface area (Å²) in [6.45, 7) is 0. The molecule has 2 rings (SSSR count). The molecule has 3 nitrogen and oxygen atoms in total. The van der Waals surface area contributed by atoms with Gasteiger partial charge in [0.25, 0.3) is 0 Å². The van der Waals surface area contributed by atoms with Gasteiger partial charge in [0, 0.05) is 11.6 Å². The van der Waals surface area contributed by atoms with Crippen molar-refractivity contribution in [2.24, 2.45) is 0 Å². The molecule has 0 aliphatic rings. The summed E-state index contributed by atoms with van der Waals surface area (Å²) in [6, 6.07) is 13.6. The van der Waals surface area contributed by atoms with Gasteiger partial charge in [0.1, 0.15) is 17.2 Å². The summed E-state index contributed by atoms with van der Waals surface area (Å²) in [7, 11) is 4.95. The predicted molar refractivity (Wildman–Crippen MR) is 81.5 cm³/mol. The Bertz CT molecular complexity index is 603. The molecule has 104 valence electrons. The van der Waals surface area contributed by atoms with Gasteiger partial charge in [-0.1, -0.05) is 24.3 Å². The van der Waals surface area contributed by atoms with Crippen molar-refractivity contribution in [3.8, 4) is 17.2 Å². The van der Waals surface area contributed by atoms with E-state index in [1.807, 2.05) is 54.6 Å². The number of hydrogen-bond acceptors (Lipinski definition) is 3. The maximum absolute atomic E-state index is 5.37. The van der Waals surface area contributed by atoms with Crippen LogP contribution in [0.5, 0.6) is 17.2 Å². The molecular weight excluding hydrogens is 252 g/mol. The lowest BCUT2D eigenvalue weighted by molar-refractivity contribution is 0.394. The standard InChI is InChI=1S/C17H18O3/c1-18-15-6-4-5-13(11-15)7-8-14-9-10-16(19-2)12-17(14)20-3/h4-12H,1-3H3/b8-7+. The molecule has 0 fully saturated rings. The van der Waals surface area contributed by atoms with E-state index in [0.717, 1.165) is 28.4 Å². The van der Waals surface area contributed by atoms with Crippen molar-refractivity contribution in [3.63, 3.8) is 0 Å². The van der Waals surface area contributed by atoms with Gasteiger partial charge >= 0.3 is 0 Å². The third-order valence-electron chi connectivity index (χ3n) is 2.99. The first-order chi connectivity index (χ1) is 9.76. The molecule has 0 amide bonds. The van der Waals surface area contributed by atoms with E-state index >= 15 is 0 Å². The topological polar surface area (TPSA) is 27.7 Å². The van der Waals surface area contributed by atoms with Crippen molar-refractivity contribution >= 4 is 12.2 Å². The fraction of sp³-hybridized carbons (Fsp3) is 0.176. The van der Waals surface area contributed by atoms with Crippen molar-refractivity contribution in [3.05, 3.63) is 53.6 Å². The maximum Gasteiger partial charge on any atom is 0.129 e. The second-order valence-corrected chi connectivity index (χ2v) is 4.22. The van der Waals surface area contributed by atoms with Crippen LogP contribution in [0.15, 0.2) is 42.5 Å². The normalized spacial score (nSPS) is 10.6. The molecule has 2 aromatic rings. The SMILES string of the molecule is COc1cccc(/C=C/c2ccc(OC)cc2OC)c1. The van der Waals surface area contributed by atoms with Crippen LogP contribution in [0.1, 0.15) is 11.1 Å². The number of rotatable bonds is 5. The number of hydrogen-bond donors (Lipinski definition) is 0. The fourth-order valence-corrected chi connectivity index (χ4v) is 1.89. The summed E-state index contributed by atoms with van der Waals surface area (Å²) >= 11 is 0.